The Hall–Kier alpha value is -1.06. The van der Waals surface area contributed by atoms with Gasteiger partial charge in [0, 0.05) is 14.1 Å². The lowest BCUT2D eigenvalue weighted by atomic mass is 10.4. The summed E-state index contributed by atoms with van der Waals surface area (Å²) in [6.07, 6.45) is 0. The average Bonchev–Trinajstić information content (AvgIpc) is 2.04. The third kappa shape index (κ3) is 1.07. The predicted molar refractivity (Wildman–Crippen MR) is 44.2 cm³/mol. The third-order valence-corrected chi connectivity index (χ3v) is 2.23. The average molecular weight is 170 g/mol. The minimum absolute atomic E-state index is 0.692. The van der Waals surface area contributed by atoms with Gasteiger partial charge in [0.2, 0.25) is 0 Å². The van der Waals surface area contributed by atoms with Crippen molar-refractivity contribution in [2.75, 3.05) is 40.4 Å². The molecule has 0 unspecified atom stereocenters. The molecule has 2 rings (SSSR count). The van der Waals surface area contributed by atoms with E-state index >= 15 is 0 Å². The molecule has 68 valence electrons. The Morgan fingerprint density at radius 2 is 1.50 bits per heavy atom. The van der Waals surface area contributed by atoms with E-state index < -0.39 is 0 Å². The van der Waals surface area contributed by atoms with Crippen molar-refractivity contribution >= 4 is 0 Å². The molecule has 0 bridgehead atoms. The fourth-order valence-corrected chi connectivity index (χ4v) is 1.54. The highest BCUT2D eigenvalue weighted by atomic mass is 16.7. The van der Waals surface area contributed by atoms with Gasteiger partial charge in [-0.1, -0.05) is 0 Å². The zero-order chi connectivity index (χ0) is 8.55. The summed E-state index contributed by atoms with van der Waals surface area (Å²) in [5.41, 5.74) is 0. The standard InChI is InChI=1S/C8H14N2O2/c1-9-3-5-11-8-7(9)10(2)4-6-12-8/h3-6H2,1-2H3. The molecule has 0 amide bonds. The van der Waals surface area contributed by atoms with Gasteiger partial charge in [0.05, 0.1) is 13.1 Å². The summed E-state index contributed by atoms with van der Waals surface area (Å²) in [7, 11) is 4.12. The minimum atomic E-state index is 0.692. The first kappa shape index (κ1) is 7.58. The Bertz CT molecular complexity index is 195. The van der Waals surface area contributed by atoms with Gasteiger partial charge in [-0.2, -0.15) is 0 Å². The summed E-state index contributed by atoms with van der Waals surface area (Å²) in [4.78, 5) is 4.33. The van der Waals surface area contributed by atoms with Crippen molar-refractivity contribution in [2.24, 2.45) is 0 Å². The Morgan fingerprint density at radius 1 is 1.00 bits per heavy atom. The SMILES string of the molecule is CN1CCOC2=C1N(C)CCO2. The summed E-state index contributed by atoms with van der Waals surface area (Å²) >= 11 is 0. The van der Waals surface area contributed by atoms with E-state index in [1.807, 2.05) is 0 Å². The summed E-state index contributed by atoms with van der Waals surface area (Å²) in [6, 6.07) is 0. The zero-order valence-electron chi connectivity index (χ0n) is 7.54. The number of likely N-dealkylation sites (N-methyl/N-ethyl adjacent to an activating group) is 2. The molecule has 0 aliphatic carbocycles. The number of hydrogen-bond donors (Lipinski definition) is 0. The molecule has 0 aromatic heterocycles. The second-order valence-electron chi connectivity index (χ2n) is 3.15. The maximum atomic E-state index is 5.40. The zero-order valence-corrected chi connectivity index (χ0v) is 7.54. The highest BCUT2D eigenvalue weighted by Gasteiger charge is 2.26. The summed E-state index contributed by atoms with van der Waals surface area (Å²) in [5, 5.41) is 0. The molecule has 0 aromatic rings. The van der Waals surface area contributed by atoms with Crippen molar-refractivity contribution in [1.82, 2.24) is 9.80 Å². The molecule has 2 aliphatic rings. The van der Waals surface area contributed by atoms with Crippen molar-refractivity contribution < 1.29 is 9.47 Å². The fourth-order valence-electron chi connectivity index (χ4n) is 1.54. The normalized spacial score (nSPS) is 23.2. The van der Waals surface area contributed by atoms with Crippen LogP contribution in [0.3, 0.4) is 0 Å². The van der Waals surface area contributed by atoms with Gasteiger partial charge in [-0.15, -0.1) is 0 Å². The van der Waals surface area contributed by atoms with Crippen LogP contribution in [0.2, 0.25) is 0 Å². The topological polar surface area (TPSA) is 24.9 Å². The first-order valence-corrected chi connectivity index (χ1v) is 4.21. The van der Waals surface area contributed by atoms with E-state index in [0.717, 1.165) is 32.1 Å². The Balaban J connectivity index is 2.27. The Morgan fingerprint density at radius 3 is 1.92 bits per heavy atom. The van der Waals surface area contributed by atoms with E-state index in [0.29, 0.717) is 5.95 Å². The molecular formula is C8H14N2O2. The van der Waals surface area contributed by atoms with E-state index in [4.69, 9.17) is 9.47 Å². The first-order chi connectivity index (χ1) is 5.79. The first-order valence-electron chi connectivity index (χ1n) is 4.21. The molecule has 4 heteroatoms. The maximum Gasteiger partial charge on any atom is 0.321 e. The summed E-state index contributed by atoms with van der Waals surface area (Å²) in [5.74, 6) is 1.77. The molecule has 0 saturated heterocycles. The maximum absolute atomic E-state index is 5.40. The number of nitrogens with zero attached hydrogens (tertiary/aromatic N) is 2. The van der Waals surface area contributed by atoms with Crippen molar-refractivity contribution in [2.45, 2.75) is 0 Å². The predicted octanol–water partition coefficient (Wildman–Crippen LogP) is 0.0370. The molecule has 2 aliphatic heterocycles. The molecule has 0 aromatic carbocycles. The van der Waals surface area contributed by atoms with Crippen LogP contribution in [0, 0.1) is 0 Å². The van der Waals surface area contributed by atoms with E-state index in [2.05, 4.69) is 23.9 Å². The van der Waals surface area contributed by atoms with Crippen LogP contribution in [0.25, 0.3) is 0 Å². The van der Waals surface area contributed by atoms with Crippen LogP contribution >= 0.6 is 0 Å². The quantitative estimate of drug-likeness (QED) is 0.512. The van der Waals surface area contributed by atoms with E-state index in [1.54, 1.807) is 0 Å². The van der Waals surface area contributed by atoms with Gasteiger partial charge in [-0.05, 0) is 0 Å². The van der Waals surface area contributed by atoms with Gasteiger partial charge in [0.25, 0.3) is 0 Å². The molecular weight excluding hydrogens is 156 g/mol. The fraction of sp³-hybridized carbons (Fsp3) is 0.750. The van der Waals surface area contributed by atoms with Crippen molar-refractivity contribution in [3.05, 3.63) is 11.8 Å². The monoisotopic (exact) mass is 170 g/mol. The van der Waals surface area contributed by atoms with E-state index in [9.17, 15) is 0 Å². The van der Waals surface area contributed by atoms with Gasteiger partial charge < -0.3 is 19.3 Å². The molecule has 0 N–H and O–H groups in total. The largest absolute Gasteiger partial charge is 0.461 e. The lowest BCUT2D eigenvalue weighted by Crippen LogP contribution is -2.42. The molecule has 0 spiro atoms. The van der Waals surface area contributed by atoms with E-state index in [1.165, 1.54) is 0 Å². The summed E-state index contributed by atoms with van der Waals surface area (Å²) in [6.45, 7) is 3.32. The third-order valence-electron chi connectivity index (χ3n) is 2.23. The van der Waals surface area contributed by atoms with Gasteiger partial charge in [0.1, 0.15) is 13.2 Å². The molecule has 0 fully saturated rings. The smallest absolute Gasteiger partial charge is 0.321 e. The molecule has 0 saturated carbocycles. The molecule has 0 radical (unpaired) electrons. The molecule has 0 atom stereocenters. The molecule has 4 nitrogen and oxygen atoms in total. The second-order valence-corrected chi connectivity index (χ2v) is 3.15. The van der Waals surface area contributed by atoms with Gasteiger partial charge >= 0.3 is 5.95 Å². The highest BCUT2D eigenvalue weighted by Crippen LogP contribution is 2.22. The van der Waals surface area contributed by atoms with E-state index in [-0.39, 0.29) is 0 Å². The van der Waals surface area contributed by atoms with Crippen LogP contribution < -0.4 is 0 Å². The molecule has 12 heavy (non-hydrogen) atoms. The minimum Gasteiger partial charge on any atom is -0.461 e. The summed E-state index contributed by atoms with van der Waals surface area (Å²) < 4.78 is 10.8. The highest BCUT2D eigenvalue weighted by molar-refractivity contribution is 5.05. The van der Waals surface area contributed by atoms with Gasteiger partial charge in [0.15, 0.2) is 5.82 Å². The van der Waals surface area contributed by atoms with Crippen LogP contribution in [0.15, 0.2) is 11.8 Å². The van der Waals surface area contributed by atoms with Crippen LogP contribution in [-0.2, 0) is 9.47 Å². The Kier molecular flexibility index (Phi) is 1.75. The van der Waals surface area contributed by atoms with Crippen molar-refractivity contribution in [3.63, 3.8) is 0 Å². The number of ether oxygens (including phenoxy) is 2. The lowest BCUT2D eigenvalue weighted by Gasteiger charge is -2.38. The lowest BCUT2D eigenvalue weighted by molar-refractivity contribution is -0.0411. The molecule has 2 heterocycles. The van der Waals surface area contributed by atoms with Gasteiger partial charge in [-0.25, -0.2) is 0 Å². The van der Waals surface area contributed by atoms with Crippen molar-refractivity contribution in [1.29, 1.82) is 0 Å². The van der Waals surface area contributed by atoms with Crippen molar-refractivity contribution in [3.8, 4) is 0 Å². The van der Waals surface area contributed by atoms with Crippen LogP contribution in [0.5, 0.6) is 0 Å². The van der Waals surface area contributed by atoms with Crippen LogP contribution in [0.4, 0.5) is 0 Å². The number of hydrogen-bond acceptors (Lipinski definition) is 4. The second kappa shape index (κ2) is 2.77. The Labute approximate surface area is 72.3 Å². The number of rotatable bonds is 0. The van der Waals surface area contributed by atoms with Gasteiger partial charge in [-0.3, -0.25) is 0 Å². The van der Waals surface area contributed by atoms with Crippen LogP contribution in [0.1, 0.15) is 0 Å². The van der Waals surface area contributed by atoms with Crippen LogP contribution in [-0.4, -0.2) is 50.2 Å².